The minimum atomic E-state index is 0.0490. The molecule has 0 aliphatic carbocycles. The smallest absolute Gasteiger partial charge is 0.234 e. The van der Waals surface area contributed by atoms with Gasteiger partial charge in [0, 0.05) is 13.7 Å². The van der Waals surface area contributed by atoms with Crippen molar-refractivity contribution in [2.75, 3.05) is 20.3 Å². The molecule has 0 aromatic rings. The number of hydrogen-bond donors (Lipinski definition) is 0. The average molecular weight is 157 g/mol. The SMILES string of the molecule is COCCC(C)(C)CN=C=O. The van der Waals surface area contributed by atoms with Crippen LogP contribution in [0.5, 0.6) is 0 Å². The normalized spacial score (nSPS) is 10.8. The zero-order chi connectivity index (χ0) is 8.74. The number of carbonyl (C=O) groups excluding carboxylic acids is 1. The van der Waals surface area contributed by atoms with Gasteiger partial charge in [-0.3, -0.25) is 0 Å². The minimum Gasteiger partial charge on any atom is -0.385 e. The van der Waals surface area contributed by atoms with Crippen LogP contribution in [-0.4, -0.2) is 26.3 Å². The summed E-state index contributed by atoms with van der Waals surface area (Å²) < 4.78 is 4.92. The number of isocyanates is 1. The summed E-state index contributed by atoms with van der Waals surface area (Å²) in [6.07, 6.45) is 2.45. The molecule has 0 fully saturated rings. The van der Waals surface area contributed by atoms with Crippen LogP contribution in [0.4, 0.5) is 0 Å². The second-order valence-corrected chi connectivity index (χ2v) is 3.31. The van der Waals surface area contributed by atoms with Crippen molar-refractivity contribution >= 4 is 6.08 Å². The van der Waals surface area contributed by atoms with Gasteiger partial charge in [-0.05, 0) is 11.8 Å². The lowest BCUT2D eigenvalue weighted by molar-refractivity contribution is 0.155. The lowest BCUT2D eigenvalue weighted by atomic mass is 9.90. The van der Waals surface area contributed by atoms with Crippen LogP contribution in [0.15, 0.2) is 4.99 Å². The highest BCUT2D eigenvalue weighted by molar-refractivity contribution is 5.32. The van der Waals surface area contributed by atoms with E-state index < -0.39 is 0 Å². The second kappa shape index (κ2) is 5.05. The van der Waals surface area contributed by atoms with Gasteiger partial charge in [0.2, 0.25) is 6.08 Å². The summed E-state index contributed by atoms with van der Waals surface area (Å²) >= 11 is 0. The van der Waals surface area contributed by atoms with Gasteiger partial charge in [0.1, 0.15) is 0 Å². The topological polar surface area (TPSA) is 38.7 Å². The molecular formula is C8H15NO2. The molecule has 0 heterocycles. The standard InChI is InChI=1S/C8H15NO2/c1-8(2,4-5-11-3)6-9-7-10/h4-6H2,1-3H3. The maximum atomic E-state index is 9.80. The van der Waals surface area contributed by atoms with Crippen LogP contribution >= 0.6 is 0 Å². The van der Waals surface area contributed by atoms with Crippen LogP contribution in [-0.2, 0) is 9.53 Å². The second-order valence-electron chi connectivity index (χ2n) is 3.31. The quantitative estimate of drug-likeness (QED) is 0.446. The first-order valence-corrected chi connectivity index (χ1v) is 3.65. The van der Waals surface area contributed by atoms with Gasteiger partial charge >= 0.3 is 0 Å². The predicted octanol–water partition coefficient (Wildman–Crippen LogP) is 1.38. The molecule has 0 aromatic heterocycles. The average Bonchev–Trinajstić information content (AvgIpc) is 1.97. The van der Waals surface area contributed by atoms with E-state index in [1.54, 1.807) is 7.11 Å². The fourth-order valence-corrected chi connectivity index (χ4v) is 0.704. The van der Waals surface area contributed by atoms with Crippen LogP contribution in [0.25, 0.3) is 0 Å². The van der Waals surface area contributed by atoms with Crippen molar-refractivity contribution in [3.63, 3.8) is 0 Å². The molecule has 0 atom stereocenters. The summed E-state index contributed by atoms with van der Waals surface area (Å²) in [5.41, 5.74) is 0.0490. The van der Waals surface area contributed by atoms with Crippen LogP contribution < -0.4 is 0 Å². The number of ether oxygens (including phenoxy) is 1. The third-order valence-corrected chi connectivity index (χ3v) is 1.55. The van der Waals surface area contributed by atoms with Crippen molar-refractivity contribution in [2.24, 2.45) is 10.4 Å². The highest BCUT2D eigenvalue weighted by atomic mass is 16.5. The number of methoxy groups -OCH3 is 1. The largest absolute Gasteiger partial charge is 0.385 e. The van der Waals surface area contributed by atoms with Gasteiger partial charge in [-0.25, -0.2) is 9.79 Å². The van der Waals surface area contributed by atoms with E-state index in [0.29, 0.717) is 13.2 Å². The van der Waals surface area contributed by atoms with Gasteiger partial charge in [-0.2, -0.15) is 0 Å². The summed E-state index contributed by atoms with van der Waals surface area (Å²) in [6, 6.07) is 0. The Bertz CT molecular complexity index is 148. The molecule has 0 aromatic carbocycles. The van der Waals surface area contributed by atoms with Crippen LogP contribution in [0.3, 0.4) is 0 Å². The van der Waals surface area contributed by atoms with Crippen molar-refractivity contribution < 1.29 is 9.53 Å². The molecule has 0 saturated carbocycles. The summed E-state index contributed by atoms with van der Waals surface area (Å²) in [7, 11) is 1.67. The first-order valence-electron chi connectivity index (χ1n) is 3.65. The molecule has 3 heteroatoms. The maximum Gasteiger partial charge on any atom is 0.234 e. The molecule has 11 heavy (non-hydrogen) atoms. The van der Waals surface area contributed by atoms with E-state index >= 15 is 0 Å². The monoisotopic (exact) mass is 157 g/mol. The predicted molar refractivity (Wildman–Crippen MR) is 43.3 cm³/mol. The third-order valence-electron chi connectivity index (χ3n) is 1.55. The fraction of sp³-hybridized carbons (Fsp3) is 0.875. The van der Waals surface area contributed by atoms with Crippen LogP contribution in [0.2, 0.25) is 0 Å². The highest BCUT2D eigenvalue weighted by Gasteiger charge is 2.16. The van der Waals surface area contributed by atoms with Crippen LogP contribution in [0, 0.1) is 5.41 Å². The molecule has 64 valence electrons. The zero-order valence-electron chi connectivity index (χ0n) is 7.39. The third kappa shape index (κ3) is 5.77. The van der Waals surface area contributed by atoms with E-state index in [9.17, 15) is 4.79 Å². The van der Waals surface area contributed by atoms with Crippen molar-refractivity contribution in [1.29, 1.82) is 0 Å². The minimum absolute atomic E-state index is 0.0490. The Morgan fingerprint density at radius 1 is 1.55 bits per heavy atom. The molecule has 0 rings (SSSR count). The van der Waals surface area contributed by atoms with E-state index in [1.807, 2.05) is 13.8 Å². The molecule has 0 spiro atoms. The number of hydrogen-bond acceptors (Lipinski definition) is 3. The first kappa shape index (κ1) is 10.3. The van der Waals surface area contributed by atoms with Gasteiger partial charge in [-0.1, -0.05) is 13.8 Å². The van der Waals surface area contributed by atoms with E-state index in [1.165, 1.54) is 6.08 Å². The lowest BCUT2D eigenvalue weighted by Gasteiger charge is -2.20. The van der Waals surface area contributed by atoms with E-state index in [2.05, 4.69) is 4.99 Å². The Kier molecular flexibility index (Phi) is 4.75. The summed E-state index contributed by atoms with van der Waals surface area (Å²) in [6.45, 7) is 5.33. The number of nitrogens with zero attached hydrogens (tertiary/aromatic N) is 1. The van der Waals surface area contributed by atoms with Gasteiger partial charge < -0.3 is 4.74 Å². The molecule has 3 nitrogen and oxygen atoms in total. The molecule has 0 aliphatic rings. The maximum absolute atomic E-state index is 9.80. The molecule has 0 N–H and O–H groups in total. The Balaban J connectivity index is 3.69. The zero-order valence-corrected chi connectivity index (χ0v) is 7.39. The fourth-order valence-electron chi connectivity index (χ4n) is 0.704. The molecule has 0 amide bonds. The number of aliphatic imine (C=N–C) groups is 1. The molecular weight excluding hydrogens is 142 g/mol. The summed E-state index contributed by atoms with van der Waals surface area (Å²) in [5.74, 6) is 0. The van der Waals surface area contributed by atoms with Gasteiger partial charge in [0.25, 0.3) is 0 Å². The Labute approximate surface area is 67.5 Å². The summed E-state index contributed by atoms with van der Waals surface area (Å²) in [4.78, 5) is 13.3. The van der Waals surface area contributed by atoms with E-state index in [0.717, 1.165) is 6.42 Å². The van der Waals surface area contributed by atoms with Gasteiger partial charge in [0.05, 0.1) is 6.54 Å². The molecule has 0 saturated heterocycles. The van der Waals surface area contributed by atoms with Crippen molar-refractivity contribution in [1.82, 2.24) is 0 Å². The molecule has 0 unspecified atom stereocenters. The van der Waals surface area contributed by atoms with Crippen molar-refractivity contribution in [3.8, 4) is 0 Å². The Morgan fingerprint density at radius 2 is 2.18 bits per heavy atom. The lowest BCUT2D eigenvalue weighted by Crippen LogP contribution is -2.17. The molecule has 0 bridgehead atoms. The highest BCUT2D eigenvalue weighted by Crippen LogP contribution is 2.19. The Morgan fingerprint density at radius 3 is 2.64 bits per heavy atom. The van der Waals surface area contributed by atoms with E-state index in [4.69, 9.17) is 4.74 Å². The Hall–Kier alpha value is -0.660. The van der Waals surface area contributed by atoms with E-state index in [-0.39, 0.29) is 5.41 Å². The van der Waals surface area contributed by atoms with Gasteiger partial charge in [0.15, 0.2) is 0 Å². The van der Waals surface area contributed by atoms with Crippen molar-refractivity contribution in [2.45, 2.75) is 20.3 Å². The molecule has 0 radical (unpaired) electrons. The van der Waals surface area contributed by atoms with Gasteiger partial charge in [-0.15, -0.1) is 0 Å². The first-order chi connectivity index (χ1) is 5.12. The van der Waals surface area contributed by atoms with Crippen molar-refractivity contribution in [3.05, 3.63) is 0 Å². The van der Waals surface area contributed by atoms with Crippen LogP contribution in [0.1, 0.15) is 20.3 Å². The number of rotatable bonds is 5. The summed E-state index contributed by atoms with van der Waals surface area (Å²) in [5, 5.41) is 0. The molecule has 0 aliphatic heterocycles.